The van der Waals surface area contributed by atoms with E-state index in [2.05, 4.69) is 42.8 Å². The molecule has 10 nitrogen and oxygen atoms in total. The van der Waals surface area contributed by atoms with Crippen molar-refractivity contribution in [2.24, 2.45) is 23.5 Å². The maximum atomic E-state index is 14.6. The van der Waals surface area contributed by atoms with E-state index in [9.17, 15) is 14.0 Å². The van der Waals surface area contributed by atoms with Crippen molar-refractivity contribution in [2.75, 3.05) is 55.8 Å². The van der Waals surface area contributed by atoms with Crippen molar-refractivity contribution in [3.05, 3.63) is 47.9 Å². The van der Waals surface area contributed by atoms with Gasteiger partial charge < -0.3 is 31.5 Å². The van der Waals surface area contributed by atoms with Gasteiger partial charge in [0.1, 0.15) is 0 Å². The summed E-state index contributed by atoms with van der Waals surface area (Å²) in [6.45, 7) is 3.49. The van der Waals surface area contributed by atoms with Gasteiger partial charge in [-0.15, -0.1) is 0 Å². The lowest BCUT2D eigenvalue weighted by atomic mass is 9.88. The fourth-order valence-corrected chi connectivity index (χ4v) is 5.48. The van der Waals surface area contributed by atoms with E-state index in [1.807, 2.05) is 24.3 Å². The molecule has 5 rings (SSSR count). The zero-order valence-corrected chi connectivity index (χ0v) is 20.4. The summed E-state index contributed by atoms with van der Waals surface area (Å²) in [5.74, 6) is -1.30. The van der Waals surface area contributed by atoms with Gasteiger partial charge in [0.2, 0.25) is 11.9 Å². The van der Waals surface area contributed by atoms with Gasteiger partial charge in [0.05, 0.1) is 17.7 Å². The van der Waals surface area contributed by atoms with Crippen LogP contribution in [0, 0.1) is 23.6 Å². The number of allylic oxidation sites excluding steroid dienone is 1. The van der Waals surface area contributed by atoms with Crippen molar-refractivity contribution in [3.8, 4) is 0 Å². The van der Waals surface area contributed by atoms with Crippen LogP contribution in [-0.4, -0.2) is 73.0 Å². The number of amides is 2. The highest BCUT2D eigenvalue weighted by Gasteiger charge is 2.47. The van der Waals surface area contributed by atoms with E-state index in [1.165, 1.54) is 0 Å². The van der Waals surface area contributed by atoms with Gasteiger partial charge in [0.15, 0.2) is 11.6 Å². The number of benzene rings is 1. The number of carbonyl (C=O) groups is 2. The predicted octanol–water partition coefficient (Wildman–Crippen LogP) is 1.56. The first-order valence-corrected chi connectivity index (χ1v) is 12.2. The fourth-order valence-electron chi connectivity index (χ4n) is 5.48. The number of hydrogen-bond acceptors (Lipinski definition) is 8. The van der Waals surface area contributed by atoms with Crippen molar-refractivity contribution >= 4 is 35.0 Å². The smallest absolute Gasteiger partial charge is 0.253 e. The van der Waals surface area contributed by atoms with E-state index in [0.29, 0.717) is 11.3 Å². The second-order valence-electron chi connectivity index (χ2n) is 9.66. The maximum absolute atomic E-state index is 14.6. The molecule has 4 atom stereocenters. The lowest BCUT2D eigenvalue weighted by Crippen LogP contribution is -2.45. The minimum Gasteiger partial charge on any atom is -0.369 e. The van der Waals surface area contributed by atoms with Gasteiger partial charge in [-0.1, -0.05) is 12.2 Å². The van der Waals surface area contributed by atoms with Gasteiger partial charge in [-0.2, -0.15) is 4.98 Å². The molecule has 190 valence electrons. The van der Waals surface area contributed by atoms with E-state index >= 15 is 0 Å². The number of primary amides is 1. The molecule has 2 heterocycles. The lowest BCUT2D eigenvalue weighted by Gasteiger charge is -2.35. The molecular weight excluding hydrogens is 463 g/mol. The third-order valence-electron chi connectivity index (χ3n) is 7.40. The molecule has 11 heteroatoms. The first-order chi connectivity index (χ1) is 17.3. The fraction of sp³-hybridized carbons (Fsp3) is 0.440. The Kier molecular flexibility index (Phi) is 6.48. The number of aromatic nitrogens is 2. The van der Waals surface area contributed by atoms with Crippen LogP contribution < -0.4 is 26.6 Å². The number of nitrogens with zero attached hydrogens (tertiary/aromatic N) is 4. The number of carbonyl (C=O) groups excluding carboxylic acids is 2. The van der Waals surface area contributed by atoms with E-state index in [0.717, 1.165) is 44.5 Å². The van der Waals surface area contributed by atoms with Crippen molar-refractivity contribution in [3.63, 3.8) is 0 Å². The van der Waals surface area contributed by atoms with E-state index in [1.54, 1.807) is 13.1 Å². The minimum atomic E-state index is -0.619. The number of hydrogen-bond donors (Lipinski definition) is 4. The number of nitrogens with one attached hydrogen (secondary N) is 3. The average molecular weight is 495 g/mol. The first-order valence-electron chi connectivity index (χ1n) is 12.2. The van der Waals surface area contributed by atoms with Crippen LogP contribution in [0.2, 0.25) is 0 Å². The van der Waals surface area contributed by atoms with Gasteiger partial charge in [0, 0.05) is 50.6 Å². The Morgan fingerprint density at radius 1 is 1.14 bits per heavy atom. The summed E-state index contributed by atoms with van der Waals surface area (Å²) in [4.78, 5) is 37.5. The zero-order chi connectivity index (χ0) is 25.4. The Balaban J connectivity index is 1.37. The molecule has 1 saturated heterocycles. The van der Waals surface area contributed by atoms with Gasteiger partial charge in [-0.05, 0) is 43.5 Å². The highest BCUT2D eigenvalue weighted by molar-refractivity contribution is 6.00. The average Bonchev–Trinajstić information content (AvgIpc) is 3.48. The standard InChI is InChI=1S/C25H31FN8O2/c1-28-24(36)17-12-16(5-6-19(17)34-9-7-33(2)8-10-34)30-25-29-13-18(26)23(32-25)31-21-15-4-3-14(11-15)20(21)22(27)35/h3-6,12-15,20-21H,7-11H2,1-2H3,(H2,27,35)(H,28,36)(H2,29,30,31,32). The van der Waals surface area contributed by atoms with Crippen molar-refractivity contribution < 1.29 is 14.0 Å². The van der Waals surface area contributed by atoms with Gasteiger partial charge >= 0.3 is 0 Å². The molecule has 2 fully saturated rings. The molecule has 2 bridgehead atoms. The molecule has 36 heavy (non-hydrogen) atoms. The van der Waals surface area contributed by atoms with Crippen LogP contribution in [0.1, 0.15) is 16.8 Å². The molecule has 4 unspecified atom stereocenters. The summed E-state index contributed by atoms with van der Waals surface area (Å²) in [7, 11) is 3.68. The van der Waals surface area contributed by atoms with E-state index in [-0.39, 0.29) is 35.6 Å². The molecule has 2 amide bonds. The van der Waals surface area contributed by atoms with Crippen molar-refractivity contribution in [1.82, 2.24) is 20.2 Å². The van der Waals surface area contributed by atoms with Crippen LogP contribution in [0.4, 0.5) is 27.5 Å². The third-order valence-corrected chi connectivity index (χ3v) is 7.40. The van der Waals surface area contributed by atoms with Crippen LogP contribution in [0.25, 0.3) is 0 Å². The van der Waals surface area contributed by atoms with Gasteiger partial charge in [-0.25, -0.2) is 9.37 Å². The molecule has 0 radical (unpaired) electrons. The molecule has 2 aliphatic carbocycles. The number of rotatable bonds is 7. The molecule has 0 spiro atoms. The molecular formula is C25H31FN8O2. The second-order valence-corrected chi connectivity index (χ2v) is 9.66. The summed E-state index contributed by atoms with van der Waals surface area (Å²) in [5.41, 5.74) is 7.62. The molecule has 1 aliphatic heterocycles. The van der Waals surface area contributed by atoms with E-state index < -0.39 is 17.6 Å². The van der Waals surface area contributed by atoms with Crippen LogP contribution in [0.5, 0.6) is 0 Å². The number of halogens is 1. The highest BCUT2D eigenvalue weighted by atomic mass is 19.1. The van der Waals surface area contributed by atoms with Crippen molar-refractivity contribution in [2.45, 2.75) is 12.5 Å². The second kappa shape index (κ2) is 9.73. The van der Waals surface area contributed by atoms with Gasteiger partial charge in [-0.3, -0.25) is 9.59 Å². The Bertz CT molecular complexity index is 1200. The minimum absolute atomic E-state index is 0.00489. The van der Waals surface area contributed by atoms with Crippen molar-refractivity contribution in [1.29, 1.82) is 0 Å². The highest BCUT2D eigenvalue weighted by Crippen LogP contribution is 2.45. The Hall–Kier alpha value is -3.73. The summed E-state index contributed by atoms with van der Waals surface area (Å²) in [6, 6.07) is 5.18. The number of nitrogens with two attached hydrogens (primary N) is 1. The topological polar surface area (TPSA) is 129 Å². The van der Waals surface area contributed by atoms with E-state index in [4.69, 9.17) is 5.73 Å². The number of piperazine rings is 1. The zero-order valence-electron chi connectivity index (χ0n) is 20.4. The Morgan fingerprint density at radius 2 is 1.89 bits per heavy atom. The summed E-state index contributed by atoms with van der Waals surface area (Å²) < 4.78 is 14.6. The molecule has 5 N–H and O–H groups in total. The first kappa shape index (κ1) is 24.0. The monoisotopic (exact) mass is 494 g/mol. The quantitative estimate of drug-likeness (QED) is 0.427. The third kappa shape index (κ3) is 4.58. The van der Waals surface area contributed by atoms with Crippen LogP contribution in [0.15, 0.2) is 36.5 Å². The summed E-state index contributed by atoms with van der Waals surface area (Å²) in [6.07, 6.45) is 5.95. The van der Waals surface area contributed by atoms with Crippen LogP contribution >= 0.6 is 0 Å². The number of fused-ring (bicyclic) bond motifs is 2. The SMILES string of the molecule is CNC(=O)c1cc(Nc2ncc(F)c(NC3C4C=CC(C4)C3C(N)=O)n2)ccc1N1CCN(C)CC1. The molecule has 1 aromatic heterocycles. The summed E-state index contributed by atoms with van der Waals surface area (Å²) >= 11 is 0. The largest absolute Gasteiger partial charge is 0.369 e. The molecule has 1 saturated carbocycles. The van der Waals surface area contributed by atoms with Crippen LogP contribution in [-0.2, 0) is 4.79 Å². The summed E-state index contributed by atoms with van der Waals surface area (Å²) in [5, 5.41) is 8.89. The maximum Gasteiger partial charge on any atom is 0.253 e. The lowest BCUT2D eigenvalue weighted by molar-refractivity contribution is -0.122. The Labute approximate surface area is 209 Å². The van der Waals surface area contributed by atoms with Gasteiger partial charge in [0.25, 0.3) is 5.91 Å². The normalized spacial score (nSPS) is 25.1. The Morgan fingerprint density at radius 3 is 2.61 bits per heavy atom. The molecule has 2 aromatic rings. The predicted molar refractivity (Wildman–Crippen MR) is 136 cm³/mol. The molecule has 1 aromatic carbocycles. The molecule has 3 aliphatic rings. The number of likely N-dealkylation sites (N-methyl/N-ethyl adjacent to an activating group) is 1. The van der Waals surface area contributed by atoms with Crippen LogP contribution in [0.3, 0.4) is 0 Å². The number of anilines is 4.